The Morgan fingerprint density at radius 2 is 1.90 bits per heavy atom. The highest BCUT2D eigenvalue weighted by molar-refractivity contribution is 7.89. The molecule has 2 N–H and O–H groups in total. The van der Waals surface area contributed by atoms with Crippen LogP contribution in [0.5, 0.6) is 5.75 Å². The molecule has 0 aliphatic rings. The lowest BCUT2D eigenvalue weighted by molar-refractivity contribution is 0.414. The number of ether oxygens (including phenoxy) is 1. The Bertz CT molecular complexity index is 1060. The zero-order chi connectivity index (χ0) is 20.9. The van der Waals surface area contributed by atoms with Crippen LogP contribution in [0.1, 0.15) is 18.3 Å². The summed E-state index contributed by atoms with van der Waals surface area (Å²) in [6.07, 6.45) is 0.295. The molecule has 1 atom stereocenters. The normalized spacial score (nSPS) is 12.5. The quantitative estimate of drug-likeness (QED) is 0.536. The van der Waals surface area contributed by atoms with Crippen molar-refractivity contribution >= 4 is 26.7 Å². The molecule has 10 heteroatoms. The highest BCUT2D eigenvalue weighted by Crippen LogP contribution is 2.18. The summed E-state index contributed by atoms with van der Waals surface area (Å²) >= 11 is 1.15. The van der Waals surface area contributed by atoms with Crippen LogP contribution in [-0.2, 0) is 16.4 Å². The van der Waals surface area contributed by atoms with E-state index in [1.165, 1.54) is 25.3 Å². The number of anilines is 1. The van der Waals surface area contributed by atoms with Crippen LogP contribution in [0.25, 0.3) is 0 Å². The van der Waals surface area contributed by atoms with Gasteiger partial charge in [-0.05, 0) is 42.8 Å². The molecule has 0 aliphatic carbocycles. The van der Waals surface area contributed by atoms with Crippen LogP contribution in [0.15, 0.2) is 53.4 Å². The second kappa shape index (κ2) is 9.29. The number of hydrogen-bond donors (Lipinski definition) is 2. The van der Waals surface area contributed by atoms with Crippen molar-refractivity contribution in [3.8, 4) is 5.75 Å². The monoisotopic (exact) mass is 436 g/mol. The van der Waals surface area contributed by atoms with Gasteiger partial charge in [-0.15, -0.1) is 0 Å². The maximum atomic E-state index is 13.7. The summed E-state index contributed by atoms with van der Waals surface area (Å²) in [5.74, 6) is 0.799. The van der Waals surface area contributed by atoms with Crippen molar-refractivity contribution < 1.29 is 17.5 Å². The fourth-order valence-electron chi connectivity index (χ4n) is 2.53. The predicted octanol–water partition coefficient (Wildman–Crippen LogP) is 3.06. The predicted molar refractivity (Wildman–Crippen MR) is 110 cm³/mol. The molecule has 1 aromatic heterocycles. The number of methoxy groups -OCH3 is 1. The lowest BCUT2D eigenvalue weighted by Gasteiger charge is -2.14. The molecule has 154 valence electrons. The van der Waals surface area contributed by atoms with Gasteiger partial charge >= 0.3 is 0 Å². The molecular formula is C19H21FN4O3S2. The van der Waals surface area contributed by atoms with Gasteiger partial charge in [0.05, 0.1) is 12.0 Å². The first kappa shape index (κ1) is 21.2. The highest BCUT2D eigenvalue weighted by atomic mass is 32.2. The lowest BCUT2D eigenvalue weighted by Crippen LogP contribution is -2.34. The third-order valence-corrected chi connectivity index (χ3v) is 6.22. The van der Waals surface area contributed by atoms with Crippen LogP contribution in [0, 0.1) is 5.82 Å². The third-order valence-electron chi connectivity index (χ3n) is 4.09. The Kier molecular flexibility index (Phi) is 6.78. The number of sulfonamides is 1. The summed E-state index contributed by atoms with van der Waals surface area (Å²) in [5, 5.41) is 3.66. The minimum absolute atomic E-state index is 0.161. The van der Waals surface area contributed by atoms with Gasteiger partial charge in [0, 0.05) is 30.5 Å². The molecule has 0 spiro atoms. The smallest absolute Gasteiger partial charge is 0.240 e. The maximum absolute atomic E-state index is 13.7. The second-order valence-electron chi connectivity index (χ2n) is 6.36. The molecule has 2 aromatic carbocycles. The van der Waals surface area contributed by atoms with Crippen LogP contribution in [0.2, 0.25) is 0 Å². The summed E-state index contributed by atoms with van der Waals surface area (Å²) in [5.41, 5.74) is 0.525. The molecule has 0 aliphatic heterocycles. The van der Waals surface area contributed by atoms with Crippen LogP contribution in [-0.4, -0.2) is 37.5 Å². The van der Waals surface area contributed by atoms with E-state index in [0.717, 1.165) is 11.5 Å². The first-order valence-corrected chi connectivity index (χ1v) is 11.1. The molecule has 0 amide bonds. The number of nitrogens with zero attached hydrogens (tertiary/aromatic N) is 2. The minimum Gasteiger partial charge on any atom is -0.497 e. The minimum atomic E-state index is -3.63. The van der Waals surface area contributed by atoms with E-state index in [4.69, 9.17) is 4.74 Å². The molecule has 0 fully saturated rings. The van der Waals surface area contributed by atoms with E-state index in [-0.39, 0.29) is 23.3 Å². The number of halogens is 1. The largest absolute Gasteiger partial charge is 0.497 e. The summed E-state index contributed by atoms with van der Waals surface area (Å²) in [6, 6.07) is 12.4. The summed E-state index contributed by atoms with van der Waals surface area (Å²) in [6.45, 7) is 1.99. The molecule has 3 rings (SSSR count). The van der Waals surface area contributed by atoms with E-state index in [9.17, 15) is 12.8 Å². The number of nitrogens with one attached hydrogen (secondary N) is 2. The van der Waals surface area contributed by atoms with Crippen molar-refractivity contribution in [2.45, 2.75) is 24.3 Å². The Labute approximate surface area is 173 Å². The zero-order valence-corrected chi connectivity index (χ0v) is 17.6. The molecule has 3 aromatic rings. The van der Waals surface area contributed by atoms with Crippen LogP contribution in [0.3, 0.4) is 0 Å². The van der Waals surface area contributed by atoms with E-state index in [2.05, 4.69) is 19.4 Å². The van der Waals surface area contributed by atoms with E-state index >= 15 is 0 Å². The maximum Gasteiger partial charge on any atom is 0.240 e. The molecular weight excluding hydrogens is 415 g/mol. The third kappa shape index (κ3) is 5.72. The number of aromatic nitrogens is 2. The summed E-state index contributed by atoms with van der Waals surface area (Å²) in [4.78, 5) is 4.51. The van der Waals surface area contributed by atoms with Crippen LogP contribution < -0.4 is 14.8 Å². The fourth-order valence-corrected chi connectivity index (χ4v) is 4.36. The van der Waals surface area contributed by atoms with Crippen molar-refractivity contribution in [3.63, 3.8) is 0 Å². The Morgan fingerprint density at radius 3 is 2.59 bits per heavy atom. The number of rotatable bonds is 9. The Balaban J connectivity index is 1.54. The topological polar surface area (TPSA) is 93.2 Å². The van der Waals surface area contributed by atoms with Crippen molar-refractivity contribution in [1.82, 2.24) is 14.1 Å². The molecule has 0 saturated carbocycles. The van der Waals surface area contributed by atoms with Gasteiger partial charge in [-0.3, -0.25) is 0 Å². The average Bonchev–Trinajstić information content (AvgIpc) is 3.15. The van der Waals surface area contributed by atoms with Crippen molar-refractivity contribution in [2.24, 2.45) is 0 Å². The fraction of sp³-hybridized carbons (Fsp3) is 0.263. The van der Waals surface area contributed by atoms with Crippen molar-refractivity contribution in [3.05, 3.63) is 65.7 Å². The van der Waals surface area contributed by atoms with Gasteiger partial charge in [-0.2, -0.15) is 4.37 Å². The molecule has 0 radical (unpaired) electrons. The van der Waals surface area contributed by atoms with E-state index in [1.54, 1.807) is 30.3 Å². The lowest BCUT2D eigenvalue weighted by atomic mass is 10.1. The second-order valence-corrected chi connectivity index (χ2v) is 8.88. The van der Waals surface area contributed by atoms with Crippen molar-refractivity contribution in [2.75, 3.05) is 19.0 Å². The van der Waals surface area contributed by atoms with Gasteiger partial charge in [0.15, 0.2) is 0 Å². The van der Waals surface area contributed by atoms with Crippen LogP contribution >= 0.6 is 11.5 Å². The highest BCUT2D eigenvalue weighted by Gasteiger charge is 2.16. The molecule has 0 saturated heterocycles. The van der Waals surface area contributed by atoms with Gasteiger partial charge in [0.25, 0.3) is 0 Å². The molecule has 7 nitrogen and oxygen atoms in total. The van der Waals surface area contributed by atoms with E-state index in [1.807, 2.05) is 6.92 Å². The van der Waals surface area contributed by atoms with Crippen molar-refractivity contribution in [1.29, 1.82) is 0 Å². The number of hydrogen-bond acceptors (Lipinski definition) is 7. The molecule has 1 heterocycles. The average molecular weight is 437 g/mol. The van der Waals surface area contributed by atoms with E-state index < -0.39 is 10.0 Å². The SMILES string of the molecule is COc1ccc(S(=O)(=O)NCC(C)Nc2nc(Cc3ccccc3F)ns2)cc1. The molecule has 0 bridgehead atoms. The number of benzene rings is 2. The Morgan fingerprint density at radius 1 is 1.17 bits per heavy atom. The standard InChI is InChI=1S/C19H21FN4O3S2/c1-13(12-21-29(25,26)16-9-7-15(27-2)8-10-16)22-19-23-18(24-28-19)11-14-5-3-4-6-17(14)20/h3-10,13,21H,11-12H2,1-2H3,(H,22,23,24). The van der Waals surface area contributed by atoms with Gasteiger partial charge in [0.1, 0.15) is 17.4 Å². The van der Waals surface area contributed by atoms with Gasteiger partial charge in [-0.25, -0.2) is 22.5 Å². The van der Waals surface area contributed by atoms with Gasteiger partial charge in [-0.1, -0.05) is 18.2 Å². The first-order chi connectivity index (χ1) is 13.9. The van der Waals surface area contributed by atoms with Crippen LogP contribution in [0.4, 0.5) is 9.52 Å². The summed E-state index contributed by atoms with van der Waals surface area (Å²) in [7, 11) is -2.11. The molecule has 29 heavy (non-hydrogen) atoms. The zero-order valence-electron chi connectivity index (χ0n) is 15.9. The van der Waals surface area contributed by atoms with E-state index in [0.29, 0.717) is 28.7 Å². The first-order valence-electron chi connectivity index (χ1n) is 8.83. The summed E-state index contributed by atoms with van der Waals surface area (Å²) < 4.78 is 50.3. The van der Waals surface area contributed by atoms with Gasteiger partial charge in [0.2, 0.25) is 15.2 Å². The Hall–Kier alpha value is -2.56. The van der Waals surface area contributed by atoms with Gasteiger partial charge < -0.3 is 10.1 Å². The molecule has 1 unspecified atom stereocenters.